The maximum Gasteiger partial charge on any atom is 0.342 e. The normalized spacial score (nSPS) is 11.9. The van der Waals surface area contributed by atoms with E-state index in [2.05, 4.69) is 10.2 Å². The number of thiophene rings is 1. The standard InChI is InChI=1S/C17H16N2O4S/c1-3-21-13-8-5-4-7-12(13)17(20)22-11(2)15-18-19-16(23-15)14-9-6-10-24-14/h4-11H,3H2,1-2H3/t11-/m0/s1. The summed E-state index contributed by atoms with van der Waals surface area (Å²) < 4.78 is 16.5. The zero-order valence-electron chi connectivity index (χ0n) is 13.3. The van der Waals surface area contributed by atoms with Gasteiger partial charge in [-0.15, -0.1) is 21.5 Å². The Labute approximate surface area is 143 Å². The number of esters is 1. The van der Waals surface area contributed by atoms with Gasteiger partial charge in [-0.25, -0.2) is 4.79 Å². The maximum absolute atomic E-state index is 12.4. The van der Waals surface area contributed by atoms with Crippen LogP contribution in [0, 0.1) is 0 Å². The number of hydrogen-bond acceptors (Lipinski definition) is 7. The van der Waals surface area contributed by atoms with Crippen LogP contribution in [0.2, 0.25) is 0 Å². The van der Waals surface area contributed by atoms with Gasteiger partial charge in [0.1, 0.15) is 11.3 Å². The number of aromatic nitrogens is 2. The van der Waals surface area contributed by atoms with Crippen LogP contribution >= 0.6 is 11.3 Å². The number of carbonyl (C=O) groups is 1. The highest BCUT2D eigenvalue weighted by molar-refractivity contribution is 7.13. The van der Waals surface area contributed by atoms with Gasteiger partial charge in [0.25, 0.3) is 11.8 Å². The molecular formula is C17H16N2O4S. The quantitative estimate of drug-likeness (QED) is 0.626. The van der Waals surface area contributed by atoms with Gasteiger partial charge in [0.2, 0.25) is 0 Å². The third-order valence-corrected chi connectivity index (χ3v) is 4.07. The van der Waals surface area contributed by atoms with E-state index in [9.17, 15) is 4.79 Å². The molecule has 2 aromatic heterocycles. The van der Waals surface area contributed by atoms with Crippen molar-refractivity contribution in [1.29, 1.82) is 0 Å². The molecule has 6 nitrogen and oxygen atoms in total. The molecule has 0 saturated carbocycles. The SMILES string of the molecule is CCOc1ccccc1C(=O)O[C@@H](C)c1nnc(-c2cccs2)o1. The Morgan fingerprint density at radius 2 is 2.08 bits per heavy atom. The molecule has 3 rings (SSSR count). The maximum atomic E-state index is 12.4. The Kier molecular flexibility index (Phi) is 4.90. The molecule has 2 heterocycles. The number of rotatable bonds is 6. The van der Waals surface area contributed by atoms with Gasteiger partial charge in [0.15, 0.2) is 6.10 Å². The third-order valence-electron chi connectivity index (χ3n) is 3.21. The Morgan fingerprint density at radius 3 is 2.83 bits per heavy atom. The number of nitrogens with zero attached hydrogens (tertiary/aromatic N) is 2. The van der Waals surface area contributed by atoms with Crippen LogP contribution < -0.4 is 4.74 Å². The minimum atomic E-state index is -0.659. The largest absolute Gasteiger partial charge is 0.493 e. The lowest BCUT2D eigenvalue weighted by Gasteiger charge is -2.12. The van der Waals surface area contributed by atoms with E-state index in [4.69, 9.17) is 13.9 Å². The summed E-state index contributed by atoms with van der Waals surface area (Å²) in [5.41, 5.74) is 0.365. The second-order valence-electron chi connectivity index (χ2n) is 4.90. The summed E-state index contributed by atoms with van der Waals surface area (Å²) in [5.74, 6) is 0.655. The van der Waals surface area contributed by atoms with Crippen molar-refractivity contribution in [2.45, 2.75) is 20.0 Å². The van der Waals surface area contributed by atoms with Gasteiger partial charge in [0, 0.05) is 0 Å². The molecule has 24 heavy (non-hydrogen) atoms. The predicted molar refractivity (Wildman–Crippen MR) is 89.1 cm³/mol. The van der Waals surface area contributed by atoms with Gasteiger partial charge < -0.3 is 13.9 Å². The van der Waals surface area contributed by atoms with Gasteiger partial charge in [-0.3, -0.25) is 0 Å². The molecule has 3 aromatic rings. The molecule has 0 saturated heterocycles. The summed E-state index contributed by atoms with van der Waals surface area (Å²) in [4.78, 5) is 13.2. The number of benzene rings is 1. The molecule has 0 radical (unpaired) electrons. The fraction of sp³-hybridized carbons (Fsp3) is 0.235. The molecule has 7 heteroatoms. The van der Waals surface area contributed by atoms with Gasteiger partial charge in [-0.2, -0.15) is 0 Å². The first-order valence-electron chi connectivity index (χ1n) is 7.49. The van der Waals surface area contributed by atoms with Crippen molar-refractivity contribution in [3.63, 3.8) is 0 Å². The molecule has 0 aliphatic carbocycles. The molecule has 0 unspecified atom stereocenters. The monoisotopic (exact) mass is 344 g/mol. The van der Waals surface area contributed by atoms with Crippen LogP contribution in [0.4, 0.5) is 0 Å². The van der Waals surface area contributed by atoms with Gasteiger partial charge >= 0.3 is 5.97 Å². The van der Waals surface area contributed by atoms with Crippen LogP contribution in [0.3, 0.4) is 0 Å². The summed E-state index contributed by atoms with van der Waals surface area (Å²) in [7, 11) is 0. The van der Waals surface area contributed by atoms with Crippen LogP contribution in [0.5, 0.6) is 5.75 Å². The highest BCUT2D eigenvalue weighted by Crippen LogP contribution is 2.27. The summed E-state index contributed by atoms with van der Waals surface area (Å²) in [6.45, 7) is 4.01. The first-order chi connectivity index (χ1) is 11.7. The van der Waals surface area contributed by atoms with E-state index in [-0.39, 0.29) is 5.89 Å². The Hall–Kier alpha value is -2.67. The fourth-order valence-electron chi connectivity index (χ4n) is 2.09. The second kappa shape index (κ2) is 7.27. The lowest BCUT2D eigenvalue weighted by Crippen LogP contribution is -2.11. The topological polar surface area (TPSA) is 74.5 Å². The Balaban J connectivity index is 1.73. The van der Waals surface area contributed by atoms with Crippen LogP contribution in [-0.2, 0) is 4.74 Å². The van der Waals surface area contributed by atoms with Crippen molar-refractivity contribution in [2.75, 3.05) is 6.61 Å². The van der Waals surface area contributed by atoms with Gasteiger partial charge in [-0.05, 0) is 37.4 Å². The molecule has 1 aromatic carbocycles. The van der Waals surface area contributed by atoms with Crippen molar-refractivity contribution in [1.82, 2.24) is 10.2 Å². The predicted octanol–water partition coefficient (Wildman–Crippen LogP) is 4.11. The molecule has 0 bridgehead atoms. The zero-order chi connectivity index (χ0) is 16.9. The van der Waals surface area contributed by atoms with Crippen molar-refractivity contribution in [3.05, 3.63) is 53.2 Å². The molecule has 0 spiro atoms. The minimum absolute atomic E-state index is 0.251. The smallest absolute Gasteiger partial charge is 0.342 e. The van der Waals surface area contributed by atoms with Crippen LogP contribution in [0.25, 0.3) is 10.8 Å². The molecule has 0 N–H and O–H groups in total. The van der Waals surface area contributed by atoms with Crippen LogP contribution in [0.15, 0.2) is 46.2 Å². The van der Waals surface area contributed by atoms with E-state index in [1.165, 1.54) is 11.3 Å². The first-order valence-corrected chi connectivity index (χ1v) is 8.37. The highest BCUT2D eigenvalue weighted by Gasteiger charge is 2.22. The van der Waals surface area contributed by atoms with Crippen molar-refractivity contribution < 1.29 is 18.7 Å². The molecule has 1 atom stereocenters. The van der Waals surface area contributed by atoms with Crippen molar-refractivity contribution >= 4 is 17.3 Å². The number of ether oxygens (including phenoxy) is 2. The molecule has 0 aliphatic rings. The Morgan fingerprint density at radius 1 is 1.25 bits per heavy atom. The zero-order valence-corrected chi connectivity index (χ0v) is 14.1. The van der Waals surface area contributed by atoms with Crippen molar-refractivity contribution in [3.8, 4) is 16.5 Å². The van der Waals surface area contributed by atoms with E-state index in [1.807, 2.05) is 24.4 Å². The van der Waals surface area contributed by atoms with Crippen molar-refractivity contribution in [2.24, 2.45) is 0 Å². The first kappa shape index (κ1) is 16.2. The van der Waals surface area contributed by atoms with E-state index >= 15 is 0 Å². The third kappa shape index (κ3) is 3.46. The van der Waals surface area contributed by atoms with E-state index in [0.717, 1.165) is 4.88 Å². The second-order valence-corrected chi connectivity index (χ2v) is 5.85. The van der Waals surface area contributed by atoms with Crippen LogP contribution in [0.1, 0.15) is 36.2 Å². The molecular weight excluding hydrogens is 328 g/mol. The average molecular weight is 344 g/mol. The van der Waals surface area contributed by atoms with E-state index in [0.29, 0.717) is 23.8 Å². The highest BCUT2D eigenvalue weighted by atomic mass is 32.1. The lowest BCUT2D eigenvalue weighted by atomic mass is 10.2. The molecule has 0 fully saturated rings. The minimum Gasteiger partial charge on any atom is -0.493 e. The fourth-order valence-corrected chi connectivity index (χ4v) is 2.73. The summed E-state index contributed by atoms with van der Waals surface area (Å²) in [6.07, 6.45) is -0.659. The summed E-state index contributed by atoms with van der Waals surface area (Å²) >= 11 is 1.50. The average Bonchev–Trinajstić information content (AvgIpc) is 3.27. The molecule has 124 valence electrons. The molecule has 0 amide bonds. The number of carbonyl (C=O) groups excluding carboxylic acids is 1. The van der Waals surface area contributed by atoms with E-state index < -0.39 is 12.1 Å². The summed E-state index contributed by atoms with van der Waals surface area (Å²) in [5, 5.41) is 9.87. The summed E-state index contributed by atoms with van der Waals surface area (Å²) in [6, 6.07) is 10.7. The molecule has 0 aliphatic heterocycles. The lowest BCUT2D eigenvalue weighted by molar-refractivity contribution is 0.0276. The van der Waals surface area contributed by atoms with Crippen LogP contribution in [-0.4, -0.2) is 22.8 Å². The number of hydrogen-bond donors (Lipinski definition) is 0. The van der Waals surface area contributed by atoms with Gasteiger partial charge in [0.05, 0.1) is 11.5 Å². The number of para-hydroxylation sites is 1. The van der Waals surface area contributed by atoms with E-state index in [1.54, 1.807) is 31.2 Å². The Bertz CT molecular complexity index is 814. The van der Waals surface area contributed by atoms with Gasteiger partial charge in [-0.1, -0.05) is 18.2 Å².